The van der Waals surface area contributed by atoms with Crippen LogP contribution in [0.15, 0.2) is 46.9 Å². The second kappa shape index (κ2) is 8.95. The molecule has 1 fully saturated rings. The van der Waals surface area contributed by atoms with Crippen molar-refractivity contribution in [3.8, 4) is 0 Å². The van der Waals surface area contributed by atoms with Gasteiger partial charge < -0.3 is 10.6 Å². The fourth-order valence-corrected chi connectivity index (χ4v) is 4.10. The number of hydrogen-bond acceptors (Lipinski definition) is 3. The van der Waals surface area contributed by atoms with Crippen molar-refractivity contribution in [1.29, 1.82) is 0 Å². The van der Waals surface area contributed by atoms with Crippen molar-refractivity contribution in [3.05, 3.63) is 63.9 Å². The number of anilines is 1. The largest absolute Gasteiger partial charge is 0.325 e. The van der Waals surface area contributed by atoms with Crippen molar-refractivity contribution in [3.63, 3.8) is 0 Å². The molecule has 8 heteroatoms. The summed E-state index contributed by atoms with van der Waals surface area (Å²) in [5.74, 6) is -1.43. The number of benzene rings is 2. The number of nitrogens with zero attached hydrogens (tertiary/aromatic N) is 1. The van der Waals surface area contributed by atoms with Crippen LogP contribution < -0.4 is 10.6 Å². The van der Waals surface area contributed by atoms with Gasteiger partial charge in [-0.3, -0.25) is 14.5 Å². The first-order valence-electron chi connectivity index (χ1n) is 9.73. The van der Waals surface area contributed by atoms with E-state index in [9.17, 15) is 18.8 Å². The quantitative estimate of drug-likeness (QED) is 0.579. The van der Waals surface area contributed by atoms with Gasteiger partial charge in [-0.05, 0) is 64.7 Å². The molecule has 3 rings (SSSR count). The molecule has 30 heavy (non-hydrogen) atoms. The monoisotopic (exact) mass is 475 g/mol. The molecular formula is C22H23BrFN3O3. The van der Waals surface area contributed by atoms with E-state index in [4.69, 9.17) is 0 Å². The van der Waals surface area contributed by atoms with Crippen LogP contribution in [-0.2, 0) is 15.1 Å². The van der Waals surface area contributed by atoms with Gasteiger partial charge in [-0.15, -0.1) is 0 Å². The van der Waals surface area contributed by atoms with Gasteiger partial charge in [-0.25, -0.2) is 9.18 Å². The third-order valence-electron chi connectivity index (χ3n) is 5.12. The lowest BCUT2D eigenvalue weighted by Crippen LogP contribution is -2.44. The van der Waals surface area contributed by atoms with Gasteiger partial charge in [0.2, 0.25) is 5.91 Å². The second-order valence-electron chi connectivity index (χ2n) is 7.37. The van der Waals surface area contributed by atoms with Gasteiger partial charge in [0.25, 0.3) is 5.91 Å². The van der Waals surface area contributed by atoms with E-state index in [0.29, 0.717) is 28.6 Å². The second-order valence-corrected chi connectivity index (χ2v) is 8.22. The summed E-state index contributed by atoms with van der Waals surface area (Å²) in [6.45, 7) is 3.49. The minimum atomic E-state index is -1.30. The fraction of sp³-hybridized carbons (Fsp3) is 0.318. The van der Waals surface area contributed by atoms with Crippen LogP contribution in [0, 0.1) is 12.7 Å². The van der Waals surface area contributed by atoms with Crippen LogP contribution in [0.2, 0.25) is 0 Å². The van der Waals surface area contributed by atoms with Gasteiger partial charge in [0.05, 0.1) is 5.69 Å². The van der Waals surface area contributed by atoms with E-state index in [-0.39, 0.29) is 0 Å². The fourth-order valence-electron chi connectivity index (χ4n) is 3.51. The predicted molar refractivity (Wildman–Crippen MR) is 115 cm³/mol. The summed E-state index contributed by atoms with van der Waals surface area (Å²) in [4.78, 5) is 39.4. The van der Waals surface area contributed by atoms with Crippen LogP contribution in [0.5, 0.6) is 0 Å². The summed E-state index contributed by atoms with van der Waals surface area (Å²) >= 11 is 3.39. The molecule has 1 heterocycles. The Morgan fingerprint density at radius 1 is 1.20 bits per heavy atom. The Morgan fingerprint density at radius 2 is 1.90 bits per heavy atom. The molecule has 0 bridgehead atoms. The molecule has 0 radical (unpaired) electrons. The highest BCUT2D eigenvalue weighted by Crippen LogP contribution is 2.34. The summed E-state index contributed by atoms with van der Waals surface area (Å²) < 4.78 is 14.1. The number of imide groups is 1. The Balaban J connectivity index is 1.82. The molecule has 4 amide bonds. The lowest BCUT2D eigenvalue weighted by molar-refractivity contribution is -0.134. The molecule has 158 valence electrons. The zero-order chi connectivity index (χ0) is 21.9. The molecule has 2 aromatic rings. The highest BCUT2D eigenvalue weighted by molar-refractivity contribution is 9.10. The molecule has 0 aromatic heterocycles. The van der Waals surface area contributed by atoms with Crippen molar-refractivity contribution in [2.24, 2.45) is 0 Å². The third-order valence-corrected chi connectivity index (χ3v) is 5.77. The van der Waals surface area contributed by atoms with E-state index in [1.54, 1.807) is 6.07 Å². The number of unbranched alkanes of at least 4 members (excludes halogenated alkanes) is 1. The molecule has 1 aliphatic rings. The molecule has 6 nitrogen and oxygen atoms in total. The number of amides is 4. The van der Waals surface area contributed by atoms with Crippen LogP contribution in [0.3, 0.4) is 0 Å². The molecule has 1 aliphatic heterocycles. The van der Waals surface area contributed by atoms with Gasteiger partial charge in [0, 0.05) is 4.47 Å². The molecule has 0 saturated carbocycles. The molecule has 1 unspecified atom stereocenters. The summed E-state index contributed by atoms with van der Waals surface area (Å²) in [6, 6.07) is 10.3. The molecule has 2 N–H and O–H groups in total. The van der Waals surface area contributed by atoms with Gasteiger partial charge in [-0.2, -0.15) is 0 Å². The van der Waals surface area contributed by atoms with Crippen LogP contribution in [0.4, 0.5) is 14.9 Å². The Bertz CT molecular complexity index is 980. The average Bonchev–Trinajstić information content (AvgIpc) is 2.94. The summed E-state index contributed by atoms with van der Waals surface area (Å²) in [5, 5.41) is 5.47. The lowest BCUT2D eigenvalue weighted by Gasteiger charge is -2.27. The molecular weight excluding hydrogens is 453 g/mol. The maximum Gasteiger partial charge on any atom is 0.325 e. The Hall–Kier alpha value is -2.74. The van der Waals surface area contributed by atoms with E-state index in [1.165, 1.54) is 24.3 Å². The van der Waals surface area contributed by atoms with E-state index in [1.807, 2.05) is 26.0 Å². The normalized spacial score (nSPS) is 18.5. The summed E-state index contributed by atoms with van der Waals surface area (Å²) in [5.41, 5.74) is 0.771. The van der Waals surface area contributed by atoms with Crippen molar-refractivity contribution in [2.75, 3.05) is 11.9 Å². The summed E-state index contributed by atoms with van der Waals surface area (Å²) in [6.07, 6.45) is 1.86. The maximum absolute atomic E-state index is 13.4. The third kappa shape index (κ3) is 4.38. The first-order valence-corrected chi connectivity index (χ1v) is 10.5. The zero-order valence-corrected chi connectivity index (χ0v) is 18.4. The number of nitrogens with one attached hydrogen (secondary N) is 2. The molecule has 1 saturated heterocycles. The van der Waals surface area contributed by atoms with Gasteiger partial charge in [-0.1, -0.05) is 38.0 Å². The van der Waals surface area contributed by atoms with Gasteiger partial charge in [0.15, 0.2) is 0 Å². The molecule has 0 aliphatic carbocycles. The van der Waals surface area contributed by atoms with E-state index < -0.39 is 35.7 Å². The zero-order valence-electron chi connectivity index (χ0n) is 16.8. The van der Waals surface area contributed by atoms with Gasteiger partial charge in [0.1, 0.15) is 17.9 Å². The number of rotatable bonds is 7. The number of urea groups is 1. The van der Waals surface area contributed by atoms with Crippen molar-refractivity contribution < 1.29 is 18.8 Å². The highest BCUT2D eigenvalue weighted by Gasteiger charge is 2.52. The molecule has 2 aromatic carbocycles. The number of aryl methyl sites for hydroxylation is 1. The van der Waals surface area contributed by atoms with Crippen molar-refractivity contribution in [1.82, 2.24) is 10.2 Å². The minimum Gasteiger partial charge on any atom is -0.323 e. The highest BCUT2D eigenvalue weighted by atomic mass is 79.9. The Kier molecular flexibility index (Phi) is 6.55. The first kappa shape index (κ1) is 22.0. The number of carbonyl (C=O) groups excluding carboxylic acids is 3. The van der Waals surface area contributed by atoms with Crippen LogP contribution in [0.1, 0.15) is 37.3 Å². The van der Waals surface area contributed by atoms with Crippen LogP contribution in [0.25, 0.3) is 0 Å². The standard InChI is InChI=1S/C22H23BrFN3O3/c1-3-4-11-22(15-6-8-16(24)9-7-15)20(29)27(21(30)26-22)13-19(28)25-18-10-5-14(2)12-17(18)23/h5-10,12H,3-4,11,13H2,1-2H3,(H,25,28)(H,26,30). The van der Waals surface area contributed by atoms with Crippen molar-refractivity contribution in [2.45, 2.75) is 38.6 Å². The average molecular weight is 476 g/mol. The molecule has 0 spiro atoms. The number of carbonyl (C=O) groups is 3. The van der Waals surface area contributed by atoms with E-state index in [0.717, 1.165) is 16.9 Å². The topological polar surface area (TPSA) is 78.5 Å². The van der Waals surface area contributed by atoms with Gasteiger partial charge >= 0.3 is 6.03 Å². The smallest absolute Gasteiger partial charge is 0.323 e. The lowest BCUT2D eigenvalue weighted by atomic mass is 9.85. The predicted octanol–water partition coefficient (Wildman–Crippen LogP) is 4.47. The van der Waals surface area contributed by atoms with Crippen molar-refractivity contribution >= 4 is 39.5 Å². The van der Waals surface area contributed by atoms with E-state index >= 15 is 0 Å². The number of halogens is 2. The SMILES string of the molecule is CCCCC1(c2ccc(F)cc2)NC(=O)N(CC(=O)Nc2ccc(C)cc2Br)C1=O. The number of hydrogen-bond donors (Lipinski definition) is 2. The summed E-state index contributed by atoms with van der Waals surface area (Å²) in [7, 11) is 0. The minimum absolute atomic E-state index is 0.362. The first-order chi connectivity index (χ1) is 14.3. The Labute approximate surface area is 183 Å². The van der Waals surface area contributed by atoms with Crippen LogP contribution >= 0.6 is 15.9 Å². The van der Waals surface area contributed by atoms with Crippen LogP contribution in [-0.4, -0.2) is 29.3 Å². The maximum atomic E-state index is 13.4. The Morgan fingerprint density at radius 3 is 2.53 bits per heavy atom. The van der Waals surface area contributed by atoms with E-state index in [2.05, 4.69) is 26.6 Å². The molecule has 1 atom stereocenters.